The Morgan fingerprint density at radius 2 is 2.05 bits per heavy atom. The average molecular weight is 339 g/mol. The second-order valence-electron chi connectivity index (χ2n) is 4.15. The predicted octanol–water partition coefficient (Wildman–Crippen LogP) is 2.54. The van der Waals surface area contributed by atoms with E-state index in [1.807, 2.05) is 6.26 Å². The molecule has 112 valence electrons. The van der Waals surface area contributed by atoms with Crippen molar-refractivity contribution in [1.82, 2.24) is 4.31 Å². The van der Waals surface area contributed by atoms with Gasteiger partial charge >= 0.3 is 0 Å². The van der Waals surface area contributed by atoms with E-state index < -0.39 is 20.6 Å². The van der Waals surface area contributed by atoms with Crippen molar-refractivity contribution in [2.24, 2.45) is 0 Å². The molecule has 0 unspecified atom stereocenters. The SMILES string of the molecule is CSCCN(C)S(=O)(=O)c1cc([N+](=O)[O-])c(Cl)cc1C. The monoisotopic (exact) mass is 338 g/mol. The first-order valence-electron chi connectivity index (χ1n) is 5.61. The van der Waals surface area contributed by atoms with Crippen molar-refractivity contribution in [3.05, 3.63) is 32.8 Å². The van der Waals surface area contributed by atoms with Gasteiger partial charge in [0.05, 0.1) is 9.82 Å². The second-order valence-corrected chi connectivity index (χ2v) is 7.55. The van der Waals surface area contributed by atoms with Crippen molar-refractivity contribution in [3.63, 3.8) is 0 Å². The molecule has 0 saturated heterocycles. The fraction of sp³-hybridized carbons (Fsp3) is 0.455. The summed E-state index contributed by atoms with van der Waals surface area (Å²) in [6, 6.07) is 2.32. The Hall–Kier alpha value is -0.830. The maximum atomic E-state index is 12.4. The lowest BCUT2D eigenvalue weighted by Gasteiger charge is -2.18. The minimum absolute atomic E-state index is 0.0711. The number of hydrogen-bond donors (Lipinski definition) is 0. The first-order chi connectivity index (χ1) is 9.21. The summed E-state index contributed by atoms with van der Waals surface area (Å²) >= 11 is 7.28. The minimum Gasteiger partial charge on any atom is -0.258 e. The van der Waals surface area contributed by atoms with Crippen LogP contribution in [-0.2, 0) is 10.0 Å². The normalized spacial score (nSPS) is 11.8. The first-order valence-corrected chi connectivity index (χ1v) is 8.82. The third-order valence-corrected chi connectivity index (χ3v) is 5.63. The molecule has 0 N–H and O–H groups in total. The van der Waals surface area contributed by atoms with Crippen LogP contribution in [-0.4, -0.2) is 43.2 Å². The molecule has 1 aromatic rings. The molecule has 0 bridgehead atoms. The van der Waals surface area contributed by atoms with E-state index >= 15 is 0 Å². The summed E-state index contributed by atoms with van der Waals surface area (Å²) in [7, 11) is -2.31. The van der Waals surface area contributed by atoms with Crippen molar-refractivity contribution < 1.29 is 13.3 Å². The van der Waals surface area contributed by atoms with E-state index in [9.17, 15) is 18.5 Å². The largest absolute Gasteiger partial charge is 0.289 e. The number of benzene rings is 1. The van der Waals surface area contributed by atoms with Crippen molar-refractivity contribution in [1.29, 1.82) is 0 Å². The van der Waals surface area contributed by atoms with Gasteiger partial charge in [0.15, 0.2) is 0 Å². The Kier molecular flexibility index (Phi) is 5.81. The molecular formula is C11H15ClN2O4S2. The van der Waals surface area contributed by atoms with Gasteiger partial charge in [0.25, 0.3) is 5.69 Å². The molecule has 0 spiro atoms. The zero-order valence-electron chi connectivity index (χ0n) is 11.3. The number of nitro benzene ring substituents is 1. The van der Waals surface area contributed by atoms with Gasteiger partial charge in [-0.05, 0) is 24.8 Å². The summed E-state index contributed by atoms with van der Waals surface area (Å²) in [5.74, 6) is 0.643. The highest BCUT2D eigenvalue weighted by atomic mass is 35.5. The molecule has 9 heteroatoms. The number of rotatable bonds is 6. The third-order valence-electron chi connectivity index (χ3n) is 2.74. The average Bonchev–Trinajstić information content (AvgIpc) is 2.34. The number of nitrogens with zero attached hydrogens (tertiary/aromatic N) is 2. The van der Waals surface area contributed by atoms with E-state index in [-0.39, 0.29) is 9.92 Å². The lowest BCUT2D eigenvalue weighted by Crippen LogP contribution is -2.29. The topological polar surface area (TPSA) is 80.5 Å². The molecule has 0 atom stereocenters. The van der Waals surface area contributed by atoms with E-state index in [1.54, 1.807) is 6.92 Å². The third kappa shape index (κ3) is 3.63. The molecular weight excluding hydrogens is 324 g/mol. The lowest BCUT2D eigenvalue weighted by atomic mass is 10.2. The zero-order valence-corrected chi connectivity index (χ0v) is 13.7. The van der Waals surface area contributed by atoms with Crippen LogP contribution in [0.4, 0.5) is 5.69 Å². The molecule has 0 aliphatic rings. The van der Waals surface area contributed by atoms with Crippen molar-refractivity contribution in [2.75, 3.05) is 25.6 Å². The summed E-state index contributed by atoms with van der Waals surface area (Å²) < 4.78 is 26.0. The molecule has 0 aromatic heterocycles. The van der Waals surface area contributed by atoms with E-state index in [4.69, 9.17) is 11.6 Å². The van der Waals surface area contributed by atoms with Gasteiger partial charge in [-0.1, -0.05) is 11.6 Å². The molecule has 1 aromatic carbocycles. The first kappa shape index (κ1) is 17.2. The molecule has 0 aliphatic carbocycles. The Morgan fingerprint density at radius 1 is 1.45 bits per heavy atom. The van der Waals surface area contributed by atoms with Crippen LogP contribution in [0.3, 0.4) is 0 Å². The van der Waals surface area contributed by atoms with Crippen LogP contribution in [0, 0.1) is 17.0 Å². The summed E-state index contributed by atoms with van der Waals surface area (Å²) in [6.45, 7) is 1.89. The maximum absolute atomic E-state index is 12.4. The van der Waals surface area contributed by atoms with Gasteiger partial charge in [-0.2, -0.15) is 11.8 Å². The smallest absolute Gasteiger partial charge is 0.258 e. The van der Waals surface area contributed by atoms with Gasteiger partial charge in [-0.25, -0.2) is 12.7 Å². The van der Waals surface area contributed by atoms with Crippen LogP contribution in [0.25, 0.3) is 0 Å². The molecule has 0 saturated carbocycles. The Balaban J connectivity index is 3.31. The summed E-state index contributed by atoms with van der Waals surface area (Å²) in [5.41, 5.74) is -0.0225. The van der Waals surface area contributed by atoms with E-state index in [2.05, 4.69) is 0 Å². The van der Waals surface area contributed by atoms with Gasteiger partial charge in [-0.3, -0.25) is 10.1 Å². The fourth-order valence-corrected chi connectivity index (χ4v) is 3.82. The van der Waals surface area contributed by atoms with Crippen LogP contribution in [0.2, 0.25) is 5.02 Å². The van der Waals surface area contributed by atoms with E-state index in [0.29, 0.717) is 17.9 Å². The minimum atomic E-state index is -3.76. The lowest BCUT2D eigenvalue weighted by molar-refractivity contribution is -0.384. The quantitative estimate of drug-likeness (QED) is 0.588. The molecule has 20 heavy (non-hydrogen) atoms. The van der Waals surface area contributed by atoms with E-state index in [1.165, 1.54) is 29.2 Å². The second kappa shape index (κ2) is 6.75. The Bertz CT molecular complexity index is 619. The molecule has 0 aliphatic heterocycles. The zero-order chi connectivity index (χ0) is 15.5. The van der Waals surface area contributed by atoms with Gasteiger partial charge in [0.1, 0.15) is 5.02 Å². The molecule has 0 fully saturated rings. The number of sulfonamides is 1. The Morgan fingerprint density at radius 3 is 2.55 bits per heavy atom. The van der Waals surface area contributed by atoms with Gasteiger partial charge in [-0.15, -0.1) is 0 Å². The van der Waals surface area contributed by atoms with Crippen LogP contribution >= 0.6 is 23.4 Å². The highest BCUT2D eigenvalue weighted by Gasteiger charge is 2.26. The number of aryl methyl sites for hydroxylation is 1. The molecule has 6 nitrogen and oxygen atoms in total. The number of nitro groups is 1. The molecule has 0 heterocycles. The number of halogens is 1. The highest BCUT2D eigenvalue weighted by molar-refractivity contribution is 7.98. The Labute approximate surface area is 127 Å². The van der Waals surface area contributed by atoms with Crippen LogP contribution in [0.1, 0.15) is 5.56 Å². The van der Waals surface area contributed by atoms with Gasteiger partial charge in [0.2, 0.25) is 10.0 Å². The molecule has 1 rings (SSSR count). The van der Waals surface area contributed by atoms with Crippen molar-refractivity contribution >= 4 is 39.1 Å². The highest BCUT2D eigenvalue weighted by Crippen LogP contribution is 2.31. The van der Waals surface area contributed by atoms with Crippen molar-refractivity contribution in [3.8, 4) is 0 Å². The fourth-order valence-electron chi connectivity index (χ4n) is 1.57. The standard InChI is InChI=1S/C11H15ClN2O4S2/c1-8-6-9(12)10(14(15)16)7-11(8)20(17,18)13(2)4-5-19-3/h6-7H,4-5H2,1-3H3. The van der Waals surface area contributed by atoms with E-state index in [0.717, 1.165) is 6.07 Å². The molecule has 0 amide bonds. The van der Waals surface area contributed by atoms with Crippen molar-refractivity contribution in [2.45, 2.75) is 11.8 Å². The van der Waals surface area contributed by atoms with Crippen LogP contribution in [0.15, 0.2) is 17.0 Å². The summed E-state index contributed by atoms with van der Waals surface area (Å²) in [5, 5.41) is 10.8. The number of hydrogen-bond acceptors (Lipinski definition) is 5. The van der Waals surface area contributed by atoms with Crippen LogP contribution in [0.5, 0.6) is 0 Å². The number of thioether (sulfide) groups is 1. The van der Waals surface area contributed by atoms with Crippen LogP contribution < -0.4 is 0 Å². The predicted molar refractivity (Wildman–Crippen MR) is 81.0 cm³/mol. The maximum Gasteiger partial charge on any atom is 0.289 e. The molecule has 0 radical (unpaired) electrons. The van der Waals surface area contributed by atoms with Gasteiger partial charge < -0.3 is 0 Å². The summed E-state index contributed by atoms with van der Waals surface area (Å²) in [6.07, 6.45) is 1.87. The summed E-state index contributed by atoms with van der Waals surface area (Å²) in [4.78, 5) is 10.1. The van der Waals surface area contributed by atoms with Gasteiger partial charge in [0, 0.05) is 25.4 Å².